The lowest BCUT2D eigenvalue weighted by atomic mass is 10.1. The number of carbonyl (C=O) groups is 1. The molecule has 3 N–H and O–H groups in total. The SMILES string of the molecule is NC(=S)c1cc(Br)ccc1NC(=O)c1cccc(I)c1. The van der Waals surface area contributed by atoms with Crippen molar-refractivity contribution in [2.45, 2.75) is 0 Å². The zero-order chi connectivity index (χ0) is 14.7. The second-order valence-corrected chi connectivity index (χ2v) is 6.62. The van der Waals surface area contributed by atoms with Crippen LogP contribution in [0.5, 0.6) is 0 Å². The van der Waals surface area contributed by atoms with Crippen molar-refractivity contribution in [3.8, 4) is 0 Å². The molecule has 6 heteroatoms. The van der Waals surface area contributed by atoms with Crippen LogP contribution < -0.4 is 11.1 Å². The largest absolute Gasteiger partial charge is 0.389 e. The number of halogens is 2. The molecule has 20 heavy (non-hydrogen) atoms. The Balaban J connectivity index is 2.30. The summed E-state index contributed by atoms with van der Waals surface area (Å²) in [6, 6.07) is 12.7. The van der Waals surface area contributed by atoms with E-state index in [9.17, 15) is 4.79 Å². The van der Waals surface area contributed by atoms with Crippen LogP contribution in [-0.2, 0) is 0 Å². The fourth-order valence-corrected chi connectivity index (χ4v) is 2.73. The van der Waals surface area contributed by atoms with Gasteiger partial charge in [-0.05, 0) is 59.0 Å². The van der Waals surface area contributed by atoms with E-state index in [-0.39, 0.29) is 10.9 Å². The second kappa shape index (κ2) is 6.64. The molecule has 0 aromatic heterocycles. The molecule has 0 aliphatic rings. The molecule has 0 spiro atoms. The molecule has 0 unspecified atom stereocenters. The van der Waals surface area contributed by atoms with E-state index >= 15 is 0 Å². The summed E-state index contributed by atoms with van der Waals surface area (Å²) in [5.74, 6) is -0.191. The molecule has 0 radical (unpaired) electrons. The number of carbonyl (C=O) groups excluding carboxylic acids is 1. The summed E-state index contributed by atoms with van der Waals surface area (Å²) >= 11 is 10.5. The first-order chi connectivity index (χ1) is 9.47. The number of rotatable bonds is 3. The van der Waals surface area contributed by atoms with E-state index in [0.717, 1.165) is 8.04 Å². The van der Waals surface area contributed by atoms with Crippen LogP contribution in [0.15, 0.2) is 46.9 Å². The van der Waals surface area contributed by atoms with Gasteiger partial charge in [0.25, 0.3) is 5.91 Å². The third kappa shape index (κ3) is 3.77. The molecule has 0 saturated carbocycles. The molecular weight excluding hydrogens is 451 g/mol. The van der Waals surface area contributed by atoms with Crippen molar-refractivity contribution >= 4 is 67.3 Å². The van der Waals surface area contributed by atoms with Gasteiger partial charge in [-0.2, -0.15) is 0 Å². The van der Waals surface area contributed by atoms with Gasteiger partial charge in [-0.3, -0.25) is 4.79 Å². The van der Waals surface area contributed by atoms with Crippen LogP contribution in [0.1, 0.15) is 15.9 Å². The highest BCUT2D eigenvalue weighted by atomic mass is 127. The first-order valence-electron chi connectivity index (χ1n) is 5.63. The van der Waals surface area contributed by atoms with Crippen molar-refractivity contribution in [1.82, 2.24) is 0 Å². The van der Waals surface area contributed by atoms with Crippen LogP contribution in [0.3, 0.4) is 0 Å². The Labute approximate surface area is 144 Å². The lowest BCUT2D eigenvalue weighted by Crippen LogP contribution is -2.17. The minimum absolute atomic E-state index is 0.191. The summed E-state index contributed by atoms with van der Waals surface area (Å²) in [5.41, 5.74) is 7.51. The number of amides is 1. The van der Waals surface area contributed by atoms with Gasteiger partial charge in [-0.15, -0.1) is 0 Å². The first-order valence-corrected chi connectivity index (χ1v) is 7.91. The van der Waals surface area contributed by atoms with Crippen molar-refractivity contribution in [2.75, 3.05) is 5.32 Å². The lowest BCUT2D eigenvalue weighted by Gasteiger charge is -2.11. The maximum absolute atomic E-state index is 12.2. The summed E-state index contributed by atoms with van der Waals surface area (Å²) in [6.45, 7) is 0. The molecule has 2 aromatic carbocycles. The minimum atomic E-state index is -0.191. The van der Waals surface area contributed by atoms with Gasteiger partial charge < -0.3 is 11.1 Å². The van der Waals surface area contributed by atoms with Crippen LogP contribution in [-0.4, -0.2) is 10.9 Å². The van der Waals surface area contributed by atoms with Crippen LogP contribution in [0.25, 0.3) is 0 Å². The maximum Gasteiger partial charge on any atom is 0.255 e. The van der Waals surface area contributed by atoms with Crippen molar-refractivity contribution in [3.05, 3.63) is 61.6 Å². The second-order valence-electron chi connectivity index (χ2n) is 4.02. The summed E-state index contributed by atoms with van der Waals surface area (Å²) in [4.78, 5) is 12.5. The average Bonchev–Trinajstić information content (AvgIpc) is 2.40. The Kier molecular flexibility index (Phi) is 5.11. The molecule has 0 heterocycles. The van der Waals surface area contributed by atoms with Gasteiger partial charge in [0.2, 0.25) is 0 Å². The van der Waals surface area contributed by atoms with E-state index in [1.54, 1.807) is 18.2 Å². The number of nitrogens with two attached hydrogens (primary N) is 1. The van der Waals surface area contributed by atoms with Gasteiger partial charge in [0.1, 0.15) is 4.99 Å². The average molecular weight is 461 g/mol. The van der Waals surface area contributed by atoms with Crippen LogP contribution in [0.2, 0.25) is 0 Å². The van der Waals surface area contributed by atoms with Gasteiger partial charge in [-0.25, -0.2) is 0 Å². The third-order valence-corrected chi connectivity index (χ3v) is 3.97. The van der Waals surface area contributed by atoms with E-state index in [0.29, 0.717) is 16.8 Å². The molecule has 0 aliphatic carbocycles. The standard InChI is InChI=1S/C14H10BrIN2OS/c15-9-4-5-12(11(7-9)13(17)20)18-14(19)8-2-1-3-10(16)6-8/h1-7H,(H2,17,20)(H,18,19). The van der Waals surface area contributed by atoms with Gasteiger partial charge in [0, 0.05) is 19.2 Å². The molecule has 0 aliphatic heterocycles. The van der Waals surface area contributed by atoms with Gasteiger partial charge in [-0.1, -0.05) is 34.2 Å². The molecule has 1 amide bonds. The first kappa shape index (κ1) is 15.4. The molecule has 102 valence electrons. The fourth-order valence-electron chi connectivity index (χ4n) is 1.65. The molecule has 3 nitrogen and oxygen atoms in total. The van der Waals surface area contributed by atoms with E-state index < -0.39 is 0 Å². The molecule has 0 saturated heterocycles. The summed E-state index contributed by atoms with van der Waals surface area (Å²) in [7, 11) is 0. The van der Waals surface area contributed by atoms with E-state index in [1.165, 1.54) is 0 Å². The number of benzene rings is 2. The minimum Gasteiger partial charge on any atom is -0.389 e. The van der Waals surface area contributed by atoms with Gasteiger partial charge in [0.15, 0.2) is 0 Å². The Morgan fingerprint density at radius 2 is 2.00 bits per heavy atom. The molecule has 0 bridgehead atoms. The normalized spacial score (nSPS) is 10.1. The van der Waals surface area contributed by atoms with Crippen molar-refractivity contribution < 1.29 is 4.79 Å². The maximum atomic E-state index is 12.2. The van der Waals surface area contributed by atoms with E-state index in [2.05, 4.69) is 43.8 Å². The van der Waals surface area contributed by atoms with Gasteiger partial charge in [0.05, 0.1) is 5.69 Å². The van der Waals surface area contributed by atoms with Gasteiger partial charge >= 0.3 is 0 Å². The van der Waals surface area contributed by atoms with Crippen LogP contribution in [0.4, 0.5) is 5.69 Å². The zero-order valence-corrected chi connectivity index (χ0v) is 14.8. The predicted octanol–water partition coefficient (Wildman–Crippen LogP) is 3.94. The number of anilines is 1. The Bertz CT molecular complexity index is 691. The highest BCUT2D eigenvalue weighted by molar-refractivity contribution is 14.1. The highest BCUT2D eigenvalue weighted by Crippen LogP contribution is 2.22. The van der Waals surface area contributed by atoms with Crippen molar-refractivity contribution in [1.29, 1.82) is 0 Å². The summed E-state index contributed by atoms with van der Waals surface area (Å²) in [6.07, 6.45) is 0. The van der Waals surface area contributed by atoms with Crippen LogP contribution in [0, 0.1) is 3.57 Å². The molecule has 2 aromatic rings. The molecule has 2 rings (SSSR count). The zero-order valence-electron chi connectivity index (χ0n) is 10.2. The smallest absolute Gasteiger partial charge is 0.255 e. The Morgan fingerprint density at radius 1 is 1.25 bits per heavy atom. The van der Waals surface area contributed by atoms with E-state index in [1.807, 2.05) is 24.3 Å². The Hall–Kier alpha value is -0.990. The molecule has 0 atom stereocenters. The third-order valence-electron chi connectivity index (χ3n) is 2.58. The molecule has 0 fully saturated rings. The highest BCUT2D eigenvalue weighted by Gasteiger charge is 2.11. The lowest BCUT2D eigenvalue weighted by molar-refractivity contribution is 0.102. The van der Waals surface area contributed by atoms with Crippen LogP contribution >= 0.6 is 50.7 Å². The fraction of sp³-hybridized carbons (Fsp3) is 0. The summed E-state index contributed by atoms with van der Waals surface area (Å²) < 4.78 is 1.85. The number of thiocarbonyl (C=S) groups is 1. The quantitative estimate of drug-likeness (QED) is 0.538. The monoisotopic (exact) mass is 460 g/mol. The Morgan fingerprint density at radius 3 is 2.65 bits per heavy atom. The summed E-state index contributed by atoms with van der Waals surface area (Å²) in [5, 5.41) is 2.83. The van der Waals surface area contributed by atoms with Crippen molar-refractivity contribution in [3.63, 3.8) is 0 Å². The van der Waals surface area contributed by atoms with Crippen molar-refractivity contribution in [2.24, 2.45) is 5.73 Å². The topological polar surface area (TPSA) is 55.1 Å². The molecular formula is C14H10BrIN2OS. The number of hydrogen-bond donors (Lipinski definition) is 2. The predicted molar refractivity (Wildman–Crippen MR) is 97.1 cm³/mol. The van der Waals surface area contributed by atoms with E-state index in [4.69, 9.17) is 18.0 Å². The number of hydrogen-bond acceptors (Lipinski definition) is 2. The number of nitrogens with one attached hydrogen (secondary N) is 1.